The highest BCUT2D eigenvalue weighted by atomic mass is 19.4. The third kappa shape index (κ3) is 4.92. The quantitative estimate of drug-likeness (QED) is 0.381. The number of carbonyl (C=O) groups excluding carboxylic acids is 1. The van der Waals surface area contributed by atoms with Crippen molar-refractivity contribution in [1.82, 2.24) is 5.32 Å². The topological polar surface area (TPSA) is 51.5 Å². The summed E-state index contributed by atoms with van der Waals surface area (Å²) in [5.74, 6) is -0.928. The van der Waals surface area contributed by atoms with Gasteiger partial charge in [0.2, 0.25) is 0 Å². The molecule has 0 aliphatic rings. The third-order valence-electron chi connectivity index (χ3n) is 4.69. The molecule has 1 unspecified atom stereocenters. The Morgan fingerprint density at radius 2 is 1.73 bits per heavy atom. The summed E-state index contributed by atoms with van der Waals surface area (Å²) in [6.45, 7) is 3.91. The number of fused-ring (bicyclic) bond motifs is 3. The van der Waals surface area contributed by atoms with E-state index in [9.17, 15) is 22.4 Å². The monoisotopic (exact) mass is 425 g/mol. The average Bonchev–Trinajstić information content (AvgIpc) is 3.01. The van der Waals surface area contributed by atoms with Gasteiger partial charge < -0.3 is 9.15 Å². The van der Waals surface area contributed by atoms with Crippen LogP contribution in [0.15, 0.2) is 46.9 Å². The van der Waals surface area contributed by atoms with Crippen molar-refractivity contribution >= 4 is 27.9 Å². The second-order valence-corrected chi connectivity index (χ2v) is 7.72. The Labute approximate surface area is 171 Å². The molecule has 0 spiro atoms. The van der Waals surface area contributed by atoms with Gasteiger partial charge in [0.15, 0.2) is 0 Å². The maximum absolute atomic E-state index is 14.2. The highest BCUT2D eigenvalue weighted by molar-refractivity contribution is 6.04. The molecule has 30 heavy (non-hydrogen) atoms. The Bertz CT molecular complexity index is 1040. The van der Waals surface area contributed by atoms with Crippen LogP contribution in [0.1, 0.15) is 38.8 Å². The number of para-hydroxylation sites is 1. The van der Waals surface area contributed by atoms with Crippen LogP contribution >= 0.6 is 0 Å². The zero-order valence-corrected chi connectivity index (χ0v) is 16.8. The van der Waals surface area contributed by atoms with Gasteiger partial charge in [0, 0.05) is 17.2 Å². The second kappa shape index (κ2) is 8.26. The van der Waals surface area contributed by atoms with Crippen molar-refractivity contribution in [2.75, 3.05) is 6.61 Å². The fourth-order valence-electron chi connectivity index (χ4n) is 3.44. The van der Waals surface area contributed by atoms with Crippen LogP contribution in [0.3, 0.4) is 0 Å². The largest absolute Gasteiger partial charge is 0.465 e. The van der Waals surface area contributed by atoms with E-state index < -0.39 is 36.3 Å². The number of nitrogens with one attached hydrogen (secondary N) is 1. The van der Waals surface area contributed by atoms with E-state index in [2.05, 4.69) is 5.32 Å². The summed E-state index contributed by atoms with van der Waals surface area (Å²) >= 11 is 0. The molecular weight excluding hydrogens is 402 g/mol. The number of halogens is 4. The lowest BCUT2D eigenvalue weighted by Gasteiger charge is -2.29. The van der Waals surface area contributed by atoms with Gasteiger partial charge in [0.05, 0.1) is 6.61 Å². The number of rotatable bonds is 7. The molecular formula is C22H23F4NO3. The molecule has 0 bridgehead atoms. The number of benzene rings is 2. The van der Waals surface area contributed by atoms with Gasteiger partial charge in [-0.1, -0.05) is 30.3 Å². The Hall–Kier alpha value is -2.61. The van der Waals surface area contributed by atoms with Gasteiger partial charge in [0.25, 0.3) is 0 Å². The van der Waals surface area contributed by atoms with Crippen LogP contribution < -0.4 is 5.32 Å². The number of furan rings is 1. The SMILES string of the molecule is CCOC(=O)[C@H](CC(C)(C)F)NC(c1ccc2c(c1)oc1ccccc12)C(F)(F)F. The number of hydrogen-bond acceptors (Lipinski definition) is 4. The van der Waals surface area contributed by atoms with Crippen molar-refractivity contribution in [2.45, 2.75) is 51.1 Å². The molecule has 0 radical (unpaired) electrons. The van der Waals surface area contributed by atoms with E-state index in [1.807, 2.05) is 12.1 Å². The molecule has 0 aliphatic carbocycles. The van der Waals surface area contributed by atoms with Crippen molar-refractivity contribution in [3.8, 4) is 0 Å². The van der Waals surface area contributed by atoms with Gasteiger partial charge in [-0.05, 0) is 38.5 Å². The van der Waals surface area contributed by atoms with E-state index in [1.54, 1.807) is 18.2 Å². The minimum Gasteiger partial charge on any atom is -0.465 e. The maximum Gasteiger partial charge on any atom is 0.407 e. The lowest BCUT2D eigenvalue weighted by Crippen LogP contribution is -2.47. The molecule has 162 valence electrons. The average molecular weight is 425 g/mol. The Kier molecular flexibility index (Phi) is 6.08. The van der Waals surface area contributed by atoms with Gasteiger partial charge in [-0.2, -0.15) is 13.2 Å². The van der Waals surface area contributed by atoms with Gasteiger partial charge in [-0.15, -0.1) is 0 Å². The summed E-state index contributed by atoms with van der Waals surface area (Å²) in [6, 6.07) is 7.64. The van der Waals surface area contributed by atoms with Gasteiger partial charge in [-0.3, -0.25) is 10.1 Å². The number of alkyl halides is 4. The van der Waals surface area contributed by atoms with E-state index >= 15 is 0 Å². The van der Waals surface area contributed by atoms with Crippen LogP contribution in [0.25, 0.3) is 21.9 Å². The molecule has 2 atom stereocenters. The van der Waals surface area contributed by atoms with Crippen LogP contribution in [0.4, 0.5) is 17.6 Å². The highest BCUT2D eigenvalue weighted by Gasteiger charge is 2.44. The normalized spacial score (nSPS) is 14.8. The first-order valence-electron chi connectivity index (χ1n) is 9.59. The first kappa shape index (κ1) is 22.1. The Morgan fingerprint density at radius 3 is 2.37 bits per heavy atom. The van der Waals surface area contributed by atoms with Crippen molar-refractivity contribution < 1.29 is 31.5 Å². The van der Waals surface area contributed by atoms with Crippen LogP contribution in [0.5, 0.6) is 0 Å². The van der Waals surface area contributed by atoms with E-state index in [4.69, 9.17) is 9.15 Å². The fourth-order valence-corrected chi connectivity index (χ4v) is 3.44. The Balaban J connectivity index is 2.00. The molecule has 0 saturated carbocycles. The molecule has 8 heteroatoms. The third-order valence-corrected chi connectivity index (χ3v) is 4.69. The van der Waals surface area contributed by atoms with E-state index in [-0.39, 0.29) is 12.2 Å². The predicted molar refractivity (Wildman–Crippen MR) is 106 cm³/mol. The van der Waals surface area contributed by atoms with Gasteiger partial charge in [0.1, 0.15) is 28.9 Å². The predicted octanol–water partition coefficient (Wildman–Crippen LogP) is 5.85. The zero-order chi connectivity index (χ0) is 22.1. The number of hydrogen-bond donors (Lipinski definition) is 1. The first-order chi connectivity index (χ1) is 14.0. The van der Waals surface area contributed by atoms with Crippen LogP contribution in [-0.2, 0) is 9.53 Å². The van der Waals surface area contributed by atoms with Crippen LogP contribution in [0.2, 0.25) is 0 Å². The summed E-state index contributed by atoms with van der Waals surface area (Å²) in [7, 11) is 0. The number of esters is 1. The maximum atomic E-state index is 14.2. The lowest BCUT2D eigenvalue weighted by atomic mass is 9.97. The summed E-state index contributed by atoms with van der Waals surface area (Å²) < 4.78 is 66.4. The molecule has 0 saturated heterocycles. The van der Waals surface area contributed by atoms with Crippen molar-refractivity contribution in [1.29, 1.82) is 0 Å². The zero-order valence-electron chi connectivity index (χ0n) is 16.8. The minimum atomic E-state index is -4.73. The van der Waals surface area contributed by atoms with Crippen molar-refractivity contribution in [3.05, 3.63) is 48.0 Å². The fraction of sp³-hybridized carbons (Fsp3) is 0.409. The van der Waals surface area contributed by atoms with Crippen LogP contribution in [0, 0.1) is 0 Å². The molecule has 0 aliphatic heterocycles. The van der Waals surface area contributed by atoms with Crippen molar-refractivity contribution in [2.24, 2.45) is 0 Å². The molecule has 3 aromatic rings. The van der Waals surface area contributed by atoms with Gasteiger partial charge >= 0.3 is 12.1 Å². The van der Waals surface area contributed by atoms with E-state index in [0.29, 0.717) is 16.6 Å². The molecule has 2 aromatic carbocycles. The molecule has 1 aromatic heterocycles. The minimum absolute atomic E-state index is 0.0225. The van der Waals surface area contributed by atoms with E-state index in [1.165, 1.54) is 32.9 Å². The Morgan fingerprint density at radius 1 is 1.07 bits per heavy atom. The number of ether oxygens (including phenoxy) is 1. The van der Waals surface area contributed by atoms with Gasteiger partial charge in [-0.25, -0.2) is 4.39 Å². The molecule has 4 nitrogen and oxygen atoms in total. The molecule has 0 amide bonds. The lowest BCUT2D eigenvalue weighted by molar-refractivity contribution is -0.165. The van der Waals surface area contributed by atoms with Crippen molar-refractivity contribution in [3.63, 3.8) is 0 Å². The highest BCUT2D eigenvalue weighted by Crippen LogP contribution is 2.37. The number of carbonyl (C=O) groups is 1. The second-order valence-electron chi connectivity index (χ2n) is 7.72. The summed E-state index contributed by atoms with van der Waals surface area (Å²) in [5.41, 5.74) is -1.16. The van der Waals surface area contributed by atoms with E-state index in [0.717, 1.165) is 5.39 Å². The molecule has 0 fully saturated rings. The summed E-state index contributed by atoms with van der Waals surface area (Å²) in [6.07, 6.45) is -5.20. The van der Waals surface area contributed by atoms with Crippen LogP contribution in [-0.4, -0.2) is 30.5 Å². The standard InChI is InChI=1S/C22H23F4NO3/c1-4-29-20(28)16(12-21(2,3)23)27-19(22(24,25)26)13-9-10-15-14-7-5-6-8-17(14)30-18(15)11-13/h5-11,16,19,27H,4,12H2,1-3H3/t16-,19?/m0/s1. The summed E-state index contributed by atoms with van der Waals surface area (Å²) in [5, 5.41) is 3.74. The summed E-state index contributed by atoms with van der Waals surface area (Å²) in [4.78, 5) is 12.2. The molecule has 1 heterocycles. The smallest absolute Gasteiger partial charge is 0.407 e. The molecule has 3 rings (SSSR count). The first-order valence-corrected chi connectivity index (χ1v) is 9.59. The molecule has 1 N–H and O–H groups in total.